The van der Waals surface area contributed by atoms with E-state index in [0.717, 1.165) is 10.9 Å². The van der Waals surface area contributed by atoms with Crippen LogP contribution in [0.3, 0.4) is 0 Å². The van der Waals surface area contributed by atoms with Crippen LogP contribution in [0.1, 0.15) is 50.9 Å². The van der Waals surface area contributed by atoms with E-state index in [9.17, 15) is 9.59 Å². The first-order chi connectivity index (χ1) is 9.58. The highest BCUT2D eigenvalue weighted by atomic mass is 79.9. The van der Waals surface area contributed by atoms with Crippen molar-refractivity contribution in [2.45, 2.75) is 40.5 Å². The first-order valence-corrected chi connectivity index (χ1v) is 7.70. The number of halogens is 1. The number of aromatic carboxylic acids is 1. The fourth-order valence-corrected chi connectivity index (χ4v) is 2.80. The van der Waals surface area contributed by atoms with Gasteiger partial charge in [0.15, 0.2) is 0 Å². The molecule has 1 unspecified atom stereocenters. The van der Waals surface area contributed by atoms with E-state index in [4.69, 9.17) is 5.11 Å². The minimum absolute atomic E-state index is 0.0926. The molecule has 0 aliphatic rings. The number of carboxylic acid groups (broad SMARTS) is 1. The fraction of sp³-hybridized carbons (Fsp3) is 0.500. The van der Waals surface area contributed by atoms with Crippen molar-refractivity contribution in [1.29, 1.82) is 0 Å². The van der Waals surface area contributed by atoms with Crippen molar-refractivity contribution in [1.82, 2.24) is 0 Å². The molecule has 1 rings (SSSR count). The number of hydrogen-bond donors (Lipinski definition) is 2. The van der Waals surface area contributed by atoms with Gasteiger partial charge >= 0.3 is 5.97 Å². The van der Waals surface area contributed by atoms with Crippen LogP contribution in [0.2, 0.25) is 0 Å². The van der Waals surface area contributed by atoms with E-state index < -0.39 is 5.97 Å². The molecule has 0 spiro atoms. The molecule has 0 aliphatic heterocycles. The van der Waals surface area contributed by atoms with E-state index in [0.29, 0.717) is 12.1 Å². The second kappa shape index (κ2) is 7.07. The van der Waals surface area contributed by atoms with Gasteiger partial charge in [-0.05, 0) is 36.0 Å². The third-order valence-electron chi connectivity index (χ3n) is 2.98. The molecule has 5 heteroatoms. The van der Waals surface area contributed by atoms with Crippen LogP contribution >= 0.6 is 15.9 Å². The van der Waals surface area contributed by atoms with Crippen LogP contribution in [0, 0.1) is 11.3 Å². The third kappa shape index (κ3) is 6.29. The molecule has 116 valence electrons. The van der Waals surface area contributed by atoms with E-state index in [-0.39, 0.29) is 22.8 Å². The largest absolute Gasteiger partial charge is 0.478 e. The lowest BCUT2D eigenvalue weighted by Gasteiger charge is -2.22. The van der Waals surface area contributed by atoms with Crippen LogP contribution in [-0.4, -0.2) is 17.0 Å². The van der Waals surface area contributed by atoms with Crippen molar-refractivity contribution in [3.63, 3.8) is 0 Å². The molecule has 0 saturated carbocycles. The highest BCUT2D eigenvalue weighted by Gasteiger charge is 2.19. The number of carboxylic acids is 1. The SMILES string of the molecule is CC(CC(=O)Nc1cc(Br)ccc1C(=O)O)CC(C)(C)C. The Bertz CT molecular complexity index is 535. The van der Waals surface area contributed by atoms with Crippen molar-refractivity contribution in [3.05, 3.63) is 28.2 Å². The Labute approximate surface area is 134 Å². The quantitative estimate of drug-likeness (QED) is 0.814. The Morgan fingerprint density at radius 1 is 1.33 bits per heavy atom. The number of carbonyl (C=O) groups is 2. The van der Waals surface area contributed by atoms with Gasteiger partial charge in [0.05, 0.1) is 11.3 Å². The van der Waals surface area contributed by atoms with Gasteiger partial charge in [0.2, 0.25) is 5.91 Å². The lowest BCUT2D eigenvalue weighted by atomic mass is 9.84. The highest BCUT2D eigenvalue weighted by Crippen LogP contribution is 2.27. The van der Waals surface area contributed by atoms with Crippen LogP contribution < -0.4 is 5.32 Å². The Kier molecular flexibility index (Phi) is 5.96. The average Bonchev–Trinajstić information content (AvgIpc) is 2.24. The minimum atomic E-state index is -1.06. The average molecular weight is 356 g/mol. The molecule has 1 amide bonds. The summed E-state index contributed by atoms with van der Waals surface area (Å²) in [5.74, 6) is -0.974. The van der Waals surface area contributed by atoms with Gasteiger partial charge in [0.1, 0.15) is 0 Å². The molecule has 1 atom stereocenters. The molecule has 0 radical (unpaired) electrons. The van der Waals surface area contributed by atoms with E-state index >= 15 is 0 Å². The summed E-state index contributed by atoms with van der Waals surface area (Å²) in [5.41, 5.74) is 0.585. The number of benzene rings is 1. The van der Waals surface area contributed by atoms with E-state index in [1.165, 1.54) is 6.07 Å². The maximum absolute atomic E-state index is 12.1. The lowest BCUT2D eigenvalue weighted by Crippen LogP contribution is -2.20. The second-order valence-electron chi connectivity index (χ2n) is 6.62. The number of hydrogen-bond acceptors (Lipinski definition) is 2. The summed E-state index contributed by atoms with van der Waals surface area (Å²) in [6.45, 7) is 8.44. The summed E-state index contributed by atoms with van der Waals surface area (Å²) >= 11 is 3.28. The summed E-state index contributed by atoms with van der Waals surface area (Å²) in [7, 11) is 0. The van der Waals surface area contributed by atoms with Gasteiger partial charge in [-0.3, -0.25) is 4.79 Å². The fourth-order valence-electron chi connectivity index (χ4n) is 2.44. The van der Waals surface area contributed by atoms with Gasteiger partial charge in [-0.1, -0.05) is 43.6 Å². The zero-order chi connectivity index (χ0) is 16.2. The summed E-state index contributed by atoms with van der Waals surface area (Å²) in [5, 5.41) is 11.8. The zero-order valence-corrected chi connectivity index (χ0v) is 14.5. The second-order valence-corrected chi connectivity index (χ2v) is 7.53. The molecular weight excluding hydrogens is 334 g/mol. The van der Waals surface area contributed by atoms with Gasteiger partial charge in [0.25, 0.3) is 0 Å². The van der Waals surface area contributed by atoms with E-state index in [1.807, 2.05) is 6.92 Å². The molecule has 21 heavy (non-hydrogen) atoms. The third-order valence-corrected chi connectivity index (χ3v) is 3.47. The Balaban J connectivity index is 2.75. The number of carbonyl (C=O) groups excluding carboxylic acids is 1. The monoisotopic (exact) mass is 355 g/mol. The molecule has 0 fully saturated rings. The number of nitrogens with one attached hydrogen (secondary N) is 1. The number of anilines is 1. The standard InChI is InChI=1S/C16H22BrNO3/c1-10(9-16(2,3)4)7-14(19)18-13-8-11(17)5-6-12(13)15(20)21/h5-6,8,10H,7,9H2,1-4H3,(H,18,19)(H,20,21). The molecular formula is C16H22BrNO3. The lowest BCUT2D eigenvalue weighted by molar-refractivity contribution is -0.117. The molecule has 0 bridgehead atoms. The predicted octanol–water partition coefficient (Wildman–Crippen LogP) is 4.55. The van der Waals surface area contributed by atoms with Crippen LogP contribution in [-0.2, 0) is 4.79 Å². The summed E-state index contributed by atoms with van der Waals surface area (Å²) < 4.78 is 0.727. The normalized spacial score (nSPS) is 12.8. The topological polar surface area (TPSA) is 66.4 Å². The molecule has 1 aromatic rings. The first-order valence-electron chi connectivity index (χ1n) is 6.91. The smallest absolute Gasteiger partial charge is 0.337 e. The van der Waals surface area contributed by atoms with Crippen molar-refractivity contribution in [2.24, 2.45) is 11.3 Å². The van der Waals surface area contributed by atoms with Gasteiger partial charge in [-0.2, -0.15) is 0 Å². The van der Waals surface area contributed by atoms with Gasteiger partial charge in [0, 0.05) is 10.9 Å². The van der Waals surface area contributed by atoms with Crippen LogP contribution in [0.15, 0.2) is 22.7 Å². The molecule has 1 aromatic carbocycles. The highest BCUT2D eigenvalue weighted by molar-refractivity contribution is 9.10. The van der Waals surface area contributed by atoms with Crippen molar-refractivity contribution >= 4 is 33.5 Å². The summed E-state index contributed by atoms with van der Waals surface area (Å²) in [4.78, 5) is 23.2. The number of rotatable bonds is 5. The predicted molar refractivity (Wildman–Crippen MR) is 87.6 cm³/mol. The Morgan fingerprint density at radius 3 is 2.48 bits per heavy atom. The zero-order valence-electron chi connectivity index (χ0n) is 12.9. The summed E-state index contributed by atoms with van der Waals surface area (Å²) in [6, 6.07) is 4.72. The molecule has 4 nitrogen and oxygen atoms in total. The molecule has 0 aliphatic carbocycles. The van der Waals surface area contributed by atoms with E-state index in [2.05, 4.69) is 42.0 Å². The molecule has 0 heterocycles. The van der Waals surface area contributed by atoms with Gasteiger partial charge < -0.3 is 10.4 Å². The molecule has 0 saturated heterocycles. The minimum Gasteiger partial charge on any atom is -0.478 e. The van der Waals surface area contributed by atoms with Crippen molar-refractivity contribution in [3.8, 4) is 0 Å². The van der Waals surface area contributed by atoms with Gasteiger partial charge in [-0.25, -0.2) is 4.79 Å². The number of amides is 1. The maximum atomic E-state index is 12.1. The van der Waals surface area contributed by atoms with Crippen LogP contribution in [0.5, 0.6) is 0 Å². The summed E-state index contributed by atoms with van der Waals surface area (Å²) in [6.07, 6.45) is 1.31. The van der Waals surface area contributed by atoms with Crippen molar-refractivity contribution < 1.29 is 14.7 Å². The molecule has 2 N–H and O–H groups in total. The first kappa shape index (κ1) is 17.7. The van der Waals surface area contributed by atoms with Crippen LogP contribution in [0.4, 0.5) is 5.69 Å². The van der Waals surface area contributed by atoms with Gasteiger partial charge in [-0.15, -0.1) is 0 Å². The Morgan fingerprint density at radius 2 is 1.95 bits per heavy atom. The van der Waals surface area contributed by atoms with E-state index in [1.54, 1.807) is 12.1 Å². The Hall–Kier alpha value is -1.36. The maximum Gasteiger partial charge on any atom is 0.337 e. The molecule has 0 aromatic heterocycles. The van der Waals surface area contributed by atoms with Crippen LogP contribution in [0.25, 0.3) is 0 Å². The van der Waals surface area contributed by atoms with Crippen molar-refractivity contribution in [2.75, 3.05) is 5.32 Å².